The SMILES string of the molecule is CCCN(C(=O)NCc1ccc(OC)cc1)N1CC(=O)N2[C@@H](c3ccccc3)C(=O)N(Cc3cccc4ccccc34)C[C@@H]21. The number of hydrogen-bond donors (Lipinski definition) is 1. The van der Waals surface area contributed by atoms with E-state index in [1.165, 1.54) is 0 Å². The van der Waals surface area contributed by atoms with Crippen LogP contribution in [-0.4, -0.2) is 70.6 Å². The van der Waals surface area contributed by atoms with Crippen molar-refractivity contribution in [2.24, 2.45) is 0 Å². The quantitative estimate of drug-likeness (QED) is 0.298. The lowest BCUT2D eigenvalue weighted by atomic mass is 9.99. The van der Waals surface area contributed by atoms with Crippen LogP contribution in [0.3, 0.4) is 0 Å². The maximum absolute atomic E-state index is 14.2. The van der Waals surface area contributed by atoms with Gasteiger partial charge in [0.15, 0.2) is 0 Å². The van der Waals surface area contributed by atoms with Crippen LogP contribution in [0.15, 0.2) is 97.1 Å². The van der Waals surface area contributed by atoms with Crippen LogP contribution in [0.4, 0.5) is 4.79 Å². The zero-order chi connectivity index (χ0) is 30.6. The van der Waals surface area contributed by atoms with Crippen LogP contribution in [-0.2, 0) is 22.7 Å². The summed E-state index contributed by atoms with van der Waals surface area (Å²) < 4.78 is 5.24. The number of ether oxygens (including phenoxy) is 1. The third-order valence-corrected chi connectivity index (χ3v) is 8.40. The first-order valence-corrected chi connectivity index (χ1v) is 15.0. The number of methoxy groups -OCH3 is 1. The van der Waals surface area contributed by atoms with Gasteiger partial charge in [0.2, 0.25) is 5.91 Å². The third kappa shape index (κ3) is 5.70. The van der Waals surface area contributed by atoms with E-state index in [1.807, 2.05) is 95.7 Å². The lowest BCUT2D eigenvalue weighted by molar-refractivity contribution is -0.158. The first-order valence-electron chi connectivity index (χ1n) is 15.0. The maximum Gasteiger partial charge on any atom is 0.332 e. The highest BCUT2D eigenvalue weighted by molar-refractivity contribution is 5.93. The highest BCUT2D eigenvalue weighted by Gasteiger charge is 2.52. The number of hydrazine groups is 1. The molecular weight excluding hydrogens is 554 g/mol. The van der Waals surface area contributed by atoms with Crippen LogP contribution in [0.5, 0.6) is 5.75 Å². The van der Waals surface area contributed by atoms with Gasteiger partial charge in [-0.1, -0.05) is 91.9 Å². The number of piperazine rings is 1. The number of rotatable bonds is 9. The molecule has 0 unspecified atom stereocenters. The molecule has 2 fully saturated rings. The number of hydrogen-bond acceptors (Lipinski definition) is 5. The van der Waals surface area contributed by atoms with E-state index < -0.39 is 12.2 Å². The Hall–Kier alpha value is -4.89. The van der Waals surface area contributed by atoms with Crippen molar-refractivity contribution in [3.05, 3.63) is 114 Å². The van der Waals surface area contributed by atoms with Crippen molar-refractivity contribution in [3.63, 3.8) is 0 Å². The lowest BCUT2D eigenvalue weighted by Crippen LogP contribution is -2.62. The molecular formula is C35H37N5O4. The molecule has 6 rings (SSSR count). The van der Waals surface area contributed by atoms with Gasteiger partial charge in [0.1, 0.15) is 18.0 Å². The van der Waals surface area contributed by atoms with Gasteiger partial charge in [-0.15, -0.1) is 0 Å². The zero-order valence-corrected chi connectivity index (χ0v) is 25.1. The van der Waals surface area contributed by atoms with Crippen LogP contribution in [0.2, 0.25) is 0 Å². The summed E-state index contributed by atoms with van der Waals surface area (Å²) in [4.78, 5) is 45.1. The molecule has 0 radical (unpaired) electrons. The summed E-state index contributed by atoms with van der Waals surface area (Å²) in [5.74, 6) is 0.448. The first-order chi connectivity index (χ1) is 21.5. The summed E-state index contributed by atoms with van der Waals surface area (Å²) in [6.07, 6.45) is 0.201. The number of carbonyl (C=O) groups is 3. The smallest absolute Gasteiger partial charge is 0.332 e. The van der Waals surface area contributed by atoms with Crippen molar-refractivity contribution in [2.45, 2.75) is 38.6 Å². The summed E-state index contributed by atoms with van der Waals surface area (Å²) in [5, 5.41) is 8.70. The van der Waals surface area contributed by atoms with Crippen LogP contribution in [0.25, 0.3) is 10.8 Å². The predicted molar refractivity (Wildman–Crippen MR) is 168 cm³/mol. The molecule has 0 aromatic heterocycles. The lowest BCUT2D eigenvalue weighted by Gasteiger charge is -2.46. The van der Waals surface area contributed by atoms with E-state index in [-0.39, 0.29) is 30.9 Å². The van der Waals surface area contributed by atoms with Gasteiger partial charge in [-0.2, -0.15) is 5.01 Å². The highest BCUT2D eigenvalue weighted by atomic mass is 16.5. The Morgan fingerprint density at radius 2 is 1.66 bits per heavy atom. The maximum atomic E-state index is 14.2. The van der Waals surface area contributed by atoms with Crippen molar-refractivity contribution < 1.29 is 19.1 Å². The normalized spacial score (nSPS) is 18.4. The standard InChI is InChI=1S/C35H37N5O4/c1-3-20-38(35(43)36-21-25-16-18-29(44-2)19-17-25)39-24-32(41)40-31(39)23-37(34(42)33(40)27-11-5-4-6-12-27)22-28-14-9-13-26-10-7-8-15-30(26)28/h4-19,31,33H,3,20-24H2,1-2H3,(H,36,43)/t31-,33+/m1/s1. The van der Waals surface area contributed by atoms with E-state index in [4.69, 9.17) is 4.74 Å². The van der Waals surface area contributed by atoms with Gasteiger partial charge >= 0.3 is 6.03 Å². The molecule has 0 spiro atoms. The summed E-state index contributed by atoms with van der Waals surface area (Å²) in [6.45, 7) is 3.45. The Morgan fingerprint density at radius 3 is 2.41 bits per heavy atom. The molecule has 4 aromatic carbocycles. The van der Waals surface area contributed by atoms with Gasteiger partial charge < -0.3 is 19.9 Å². The van der Waals surface area contributed by atoms with Crippen molar-refractivity contribution in [2.75, 3.05) is 26.7 Å². The fourth-order valence-corrected chi connectivity index (χ4v) is 6.25. The predicted octanol–water partition coefficient (Wildman–Crippen LogP) is 4.94. The monoisotopic (exact) mass is 591 g/mol. The number of amides is 4. The van der Waals surface area contributed by atoms with E-state index in [0.29, 0.717) is 26.1 Å². The Bertz CT molecular complexity index is 1640. The zero-order valence-electron chi connectivity index (χ0n) is 25.1. The minimum Gasteiger partial charge on any atom is -0.497 e. The summed E-state index contributed by atoms with van der Waals surface area (Å²) in [5.41, 5.74) is 2.73. The van der Waals surface area contributed by atoms with E-state index in [1.54, 1.807) is 17.0 Å². The number of nitrogens with one attached hydrogen (secondary N) is 1. The molecule has 9 heteroatoms. The average Bonchev–Trinajstić information content (AvgIpc) is 3.38. The largest absolute Gasteiger partial charge is 0.497 e. The Balaban J connectivity index is 1.30. The second kappa shape index (κ2) is 12.8. The van der Waals surface area contributed by atoms with Crippen molar-refractivity contribution in [3.8, 4) is 5.75 Å². The molecule has 2 heterocycles. The molecule has 2 aliphatic heterocycles. The molecule has 2 atom stereocenters. The van der Waals surface area contributed by atoms with Crippen LogP contribution >= 0.6 is 0 Å². The molecule has 44 heavy (non-hydrogen) atoms. The van der Waals surface area contributed by atoms with Crippen molar-refractivity contribution in [1.82, 2.24) is 25.1 Å². The molecule has 2 aliphatic rings. The van der Waals surface area contributed by atoms with Gasteiger partial charge in [0.25, 0.3) is 5.91 Å². The molecule has 9 nitrogen and oxygen atoms in total. The van der Waals surface area contributed by atoms with Gasteiger partial charge in [-0.05, 0) is 46.0 Å². The van der Waals surface area contributed by atoms with Crippen molar-refractivity contribution >= 4 is 28.6 Å². The number of benzene rings is 4. The summed E-state index contributed by atoms with van der Waals surface area (Å²) in [7, 11) is 1.62. The minimum absolute atomic E-state index is 0.0132. The molecule has 0 aliphatic carbocycles. The van der Waals surface area contributed by atoms with E-state index >= 15 is 0 Å². The Morgan fingerprint density at radius 1 is 0.932 bits per heavy atom. The van der Waals surface area contributed by atoms with Crippen LogP contribution in [0, 0.1) is 0 Å². The molecule has 0 saturated carbocycles. The minimum atomic E-state index is -0.784. The highest BCUT2D eigenvalue weighted by Crippen LogP contribution is 2.37. The number of fused-ring (bicyclic) bond motifs is 2. The number of nitrogens with zero attached hydrogens (tertiary/aromatic N) is 4. The molecule has 1 N–H and O–H groups in total. The Labute approximate surface area is 257 Å². The van der Waals surface area contributed by atoms with Gasteiger partial charge in [-0.25, -0.2) is 4.79 Å². The molecule has 4 amide bonds. The average molecular weight is 592 g/mol. The van der Waals surface area contributed by atoms with Crippen molar-refractivity contribution in [1.29, 1.82) is 0 Å². The van der Waals surface area contributed by atoms with Gasteiger partial charge in [0.05, 0.1) is 20.2 Å². The van der Waals surface area contributed by atoms with E-state index in [2.05, 4.69) is 23.5 Å². The molecule has 4 aromatic rings. The first kappa shape index (κ1) is 29.2. The Kier molecular flexibility index (Phi) is 8.47. The third-order valence-electron chi connectivity index (χ3n) is 8.40. The second-order valence-electron chi connectivity index (χ2n) is 11.2. The second-order valence-corrected chi connectivity index (χ2v) is 11.2. The molecule has 2 saturated heterocycles. The van der Waals surface area contributed by atoms with Crippen LogP contribution < -0.4 is 10.1 Å². The molecule has 0 bridgehead atoms. The molecule has 226 valence electrons. The summed E-state index contributed by atoms with van der Waals surface area (Å²) >= 11 is 0. The fraction of sp³-hybridized carbons (Fsp3) is 0.286. The summed E-state index contributed by atoms with van der Waals surface area (Å²) in [6, 6.07) is 30.2. The van der Waals surface area contributed by atoms with E-state index in [9.17, 15) is 14.4 Å². The van der Waals surface area contributed by atoms with Gasteiger partial charge in [-0.3, -0.25) is 14.6 Å². The van der Waals surface area contributed by atoms with Gasteiger partial charge in [0, 0.05) is 19.6 Å². The van der Waals surface area contributed by atoms with E-state index in [0.717, 1.165) is 33.2 Å². The van der Waals surface area contributed by atoms with Crippen LogP contribution in [0.1, 0.15) is 36.1 Å². The topological polar surface area (TPSA) is 85.4 Å². The fourth-order valence-electron chi connectivity index (χ4n) is 6.25. The number of carbonyl (C=O) groups excluding carboxylic acids is 3. The number of urea groups is 1.